The standard InChI is InChI=1S/C24H23F2N3O2/c1-16-10-27-22(31-16)20-12-28(11-17-5-3-2-4-6-17)13-24(20)14-29(15-24)23(30)19-8-7-18(25)9-21(19)26/h2-10,20H,11-15H2,1H3. The molecule has 2 saturated heterocycles. The third kappa shape index (κ3) is 3.63. The zero-order valence-corrected chi connectivity index (χ0v) is 17.2. The maximum atomic E-state index is 14.1. The number of nitrogens with zero attached hydrogens (tertiary/aromatic N) is 3. The first-order chi connectivity index (χ1) is 14.9. The first-order valence-electron chi connectivity index (χ1n) is 10.4. The predicted molar refractivity (Wildman–Crippen MR) is 110 cm³/mol. The van der Waals surface area contributed by atoms with Gasteiger partial charge in [0.15, 0.2) is 5.89 Å². The first kappa shape index (κ1) is 19.9. The van der Waals surface area contributed by atoms with Gasteiger partial charge in [-0.3, -0.25) is 9.69 Å². The van der Waals surface area contributed by atoms with Crippen molar-refractivity contribution < 1.29 is 18.0 Å². The number of rotatable bonds is 4. The summed E-state index contributed by atoms with van der Waals surface area (Å²) in [5.74, 6) is -0.442. The second-order valence-corrected chi connectivity index (χ2v) is 8.66. The van der Waals surface area contributed by atoms with Gasteiger partial charge in [0.2, 0.25) is 0 Å². The van der Waals surface area contributed by atoms with Gasteiger partial charge in [-0.2, -0.15) is 0 Å². The normalized spacial score (nSPS) is 20.2. The van der Waals surface area contributed by atoms with Crippen molar-refractivity contribution in [3.05, 3.63) is 89.1 Å². The highest BCUT2D eigenvalue weighted by molar-refractivity contribution is 5.95. The number of carbonyl (C=O) groups excluding carboxylic acids is 1. The summed E-state index contributed by atoms with van der Waals surface area (Å²) in [6, 6.07) is 13.3. The predicted octanol–water partition coefficient (Wildman–Crippen LogP) is 4.00. The SMILES string of the molecule is Cc1cnc(C2CN(Cc3ccccc3)CC23CN(C(=O)c2ccc(F)cc2F)C3)o1. The fourth-order valence-corrected chi connectivity index (χ4v) is 4.92. The molecule has 0 N–H and O–H groups in total. The number of amides is 1. The Morgan fingerprint density at radius 2 is 1.94 bits per heavy atom. The lowest BCUT2D eigenvalue weighted by molar-refractivity contribution is -0.000955. The maximum absolute atomic E-state index is 14.1. The van der Waals surface area contributed by atoms with Gasteiger partial charge in [-0.1, -0.05) is 30.3 Å². The molecule has 1 aromatic heterocycles. The van der Waals surface area contributed by atoms with Crippen LogP contribution in [-0.4, -0.2) is 46.9 Å². The molecule has 160 valence electrons. The number of likely N-dealkylation sites (tertiary alicyclic amines) is 2. The van der Waals surface area contributed by atoms with Crippen LogP contribution in [0.5, 0.6) is 0 Å². The van der Waals surface area contributed by atoms with Crippen LogP contribution in [0.4, 0.5) is 8.78 Å². The summed E-state index contributed by atoms with van der Waals surface area (Å²) in [5.41, 5.74) is 0.930. The number of carbonyl (C=O) groups is 1. The molecule has 2 aliphatic heterocycles. The number of hydrogen-bond acceptors (Lipinski definition) is 4. The van der Waals surface area contributed by atoms with E-state index in [0.29, 0.717) is 19.0 Å². The Morgan fingerprint density at radius 3 is 2.61 bits per heavy atom. The van der Waals surface area contributed by atoms with Crippen molar-refractivity contribution in [2.45, 2.75) is 19.4 Å². The molecule has 1 unspecified atom stereocenters. The molecule has 0 saturated carbocycles. The monoisotopic (exact) mass is 423 g/mol. The van der Waals surface area contributed by atoms with Gasteiger partial charge in [-0.15, -0.1) is 0 Å². The van der Waals surface area contributed by atoms with Crippen molar-refractivity contribution in [1.82, 2.24) is 14.8 Å². The van der Waals surface area contributed by atoms with E-state index in [1.54, 1.807) is 11.1 Å². The zero-order valence-electron chi connectivity index (χ0n) is 17.2. The van der Waals surface area contributed by atoms with Gasteiger partial charge in [0.05, 0.1) is 17.7 Å². The lowest BCUT2D eigenvalue weighted by Gasteiger charge is -2.50. The summed E-state index contributed by atoms with van der Waals surface area (Å²) >= 11 is 0. The van der Waals surface area contributed by atoms with Gasteiger partial charge in [0.25, 0.3) is 5.91 Å². The number of hydrogen-bond donors (Lipinski definition) is 0. The van der Waals surface area contributed by atoms with Crippen LogP contribution in [0.15, 0.2) is 59.1 Å². The fraction of sp³-hybridized carbons (Fsp3) is 0.333. The van der Waals surface area contributed by atoms with Crippen molar-refractivity contribution in [1.29, 1.82) is 0 Å². The Hall–Kier alpha value is -3.06. The number of aryl methyl sites for hydroxylation is 1. The summed E-state index contributed by atoms with van der Waals surface area (Å²) in [6.45, 7) is 5.22. The van der Waals surface area contributed by atoms with Crippen molar-refractivity contribution in [2.75, 3.05) is 26.2 Å². The molecule has 31 heavy (non-hydrogen) atoms. The summed E-state index contributed by atoms with van der Waals surface area (Å²) in [7, 11) is 0. The minimum Gasteiger partial charge on any atom is -0.446 e. The molecule has 5 rings (SSSR count). The Morgan fingerprint density at radius 1 is 1.16 bits per heavy atom. The van der Waals surface area contributed by atoms with Gasteiger partial charge in [0.1, 0.15) is 17.4 Å². The smallest absolute Gasteiger partial charge is 0.256 e. The molecule has 2 aliphatic rings. The second-order valence-electron chi connectivity index (χ2n) is 8.66. The Bertz CT molecular complexity index is 1110. The van der Waals surface area contributed by atoms with E-state index in [-0.39, 0.29) is 16.9 Å². The van der Waals surface area contributed by atoms with Crippen LogP contribution in [0.1, 0.15) is 33.5 Å². The maximum Gasteiger partial charge on any atom is 0.256 e. The van der Waals surface area contributed by atoms with E-state index in [4.69, 9.17) is 4.42 Å². The summed E-state index contributed by atoms with van der Waals surface area (Å²) in [6.07, 6.45) is 1.72. The molecule has 2 aromatic carbocycles. The minimum atomic E-state index is -0.831. The van der Waals surface area contributed by atoms with Gasteiger partial charge >= 0.3 is 0 Å². The largest absolute Gasteiger partial charge is 0.446 e. The molecule has 2 fully saturated rings. The van der Waals surface area contributed by atoms with Gasteiger partial charge in [-0.25, -0.2) is 13.8 Å². The summed E-state index contributed by atoms with van der Waals surface area (Å²) < 4.78 is 33.2. The van der Waals surface area contributed by atoms with E-state index < -0.39 is 17.5 Å². The highest BCUT2D eigenvalue weighted by Gasteiger charge is 2.57. The highest BCUT2D eigenvalue weighted by Crippen LogP contribution is 2.49. The van der Waals surface area contributed by atoms with E-state index in [1.807, 2.05) is 25.1 Å². The average molecular weight is 423 g/mol. The first-order valence-corrected chi connectivity index (χ1v) is 10.4. The second kappa shape index (κ2) is 7.57. The van der Waals surface area contributed by atoms with Crippen LogP contribution in [0.25, 0.3) is 0 Å². The number of halogens is 2. The molecular weight excluding hydrogens is 400 g/mol. The van der Waals surface area contributed by atoms with E-state index in [1.165, 1.54) is 11.6 Å². The molecule has 7 heteroatoms. The van der Waals surface area contributed by atoms with E-state index >= 15 is 0 Å². The van der Waals surface area contributed by atoms with Crippen molar-refractivity contribution in [3.63, 3.8) is 0 Å². The van der Waals surface area contributed by atoms with Crippen LogP contribution in [-0.2, 0) is 6.54 Å². The van der Waals surface area contributed by atoms with Crippen molar-refractivity contribution >= 4 is 5.91 Å². The fourth-order valence-electron chi connectivity index (χ4n) is 4.92. The van der Waals surface area contributed by atoms with E-state index in [2.05, 4.69) is 22.0 Å². The molecule has 0 radical (unpaired) electrons. The zero-order chi connectivity index (χ0) is 21.6. The number of benzene rings is 2. The number of aromatic nitrogens is 1. The van der Waals surface area contributed by atoms with Crippen LogP contribution in [0, 0.1) is 24.0 Å². The minimum absolute atomic E-state index is 0.0482. The Kier molecular flexibility index (Phi) is 4.85. The summed E-state index contributed by atoms with van der Waals surface area (Å²) in [4.78, 5) is 21.3. The molecule has 1 spiro atoms. The van der Waals surface area contributed by atoms with Crippen LogP contribution >= 0.6 is 0 Å². The third-order valence-electron chi connectivity index (χ3n) is 6.36. The lowest BCUT2D eigenvalue weighted by Crippen LogP contribution is -2.61. The van der Waals surface area contributed by atoms with Crippen LogP contribution in [0.3, 0.4) is 0 Å². The quantitative estimate of drug-likeness (QED) is 0.637. The topological polar surface area (TPSA) is 49.6 Å². The van der Waals surface area contributed by atoms with Gasteiger partial charge in [0, 0.05) is 44.2 Å². The Labute approximate surface area is 179 Å². The highest BCUT2D eigenvalue weighted by atomic mass is 19.1. The molecule has 5 nitrogen and oxygen atoms in total. The molecule has 1 amide bonds. The molecular formula is C24H23F2N3O2. The van der Waals surface area contributed by atoms with E-state index in [9.17, 15) is 13.6 Å². The lowest BCUT2D eigenvalue weighted by atomic mass is 9.71. The molecule has 3 aromatic rings. The average Bonchev–Trinajstić information content (AvgIpc) is 3.31. The van der Waals surface area contributed by atoms with Crippen molar-refractivity contribution in [3.8, 4) is 0 Å². The Balaban J connectivity index is 1.36. The molecule has 0 aliphatic carbocycles. The van der Waals surface area contributed by atoms with Gasteiger partial charge in [-0.05, 0) is 24.6 Å². The van der Waals surface area contributed by atoms with E-state index in [0.717, 1.165) is 37.5 Å². The van der Waals surface area contributed by atoms with Crippen LogP contribution < -0.4 is 0 Å². The third-order valence-corrected chi connectivity index (χ3v) is 6.36. The molecule has 3 heterocycles. The van der Waals surface area contributed by atoms with Crippen molar-refractivity contribution in [2.24, 2.45) is 5.41 Å². The number of oxazole rings is 1. The molecule has 1 atom stereocenters. The van der Waals surface area contributed by atoms with Gasteiger partial charge < -0.3 is 9.32 Å². The molecule has 0 bridgehead atoms. The summed E-state index contributed by atoms with van der Waals surface area (Å²) in [5, 5.41) is 0. The van der Waals surface area contributed by atoms with Crippen LogP contribution in [0.2, 0.25) is 0 Å².